The highest BCUT2D eigenvalue weighted by Crippen LogP contribution is 2.54. The second kappa shape index (κ2) is 12.5. The van der Waals surface area contributed by atoms with Crippen molar-refractivity contribution in [1.29, 1.82) is 0 Å². The molecule has 0 aromatic carbocycles. The smallest absolute Gasteiger partial charge is 0.383 e. The quantitative estimate of drug-likeness (QED) is 0.408. The lowest BCUT2D eigenvalue weighted by Crippen LogP contribution is -2.49. The first-order valence-corrected chi connectivity index (χ1v) is 14.3. The zero-order valence-corrected chi connectivity index (χ0v) is 23.5. The maximum atomic E-state index is 14.1. The number of morpholine rings is 2. The number of ether oxygens (including phenoxy) is 2. The summed E-state index contributed by atoms with van der Waals surface area (Å²) in [6.07, 6.45) is -0.115. The third-order valence-electron chi connectivity index (χ3n) is 5.79. The molecule has 0 spiro atoms. The van der Waals surface area contributed by atoms with Crippen LogP contribution in [0.3, 0.4) is 0 Å². The van der Waals surface area contributed by atoms with Gasteiger partial charge in [-0.3, -0.25) is 14.0 Å². The number of rotatable bonds is 10. The number of likely N-dealkylation sites (N-methyl/N-ethyl adjacent to an activating group) is 1. The molecular weight excluding hydrogens is 512 g/mol. The highest BCUT2D eigenvalue weighted by atomic mass is 31.2. The van der Waals surface area contributed by atoms with E-state index in [1.54, 1.807) is 49.8 Å². The average Bonchev–Trinajstić information content (AvgIpc) is 2.80. The van der Waals surface area contributed by atoms with Gasteiger partial charge >= 0.3 is 21.5 Å². The molecule has 2 N–H and O–H groups in total. The summed E-state index contributed by atoms with van der Waals surface area (Å²) in [7, 11) is 3.23. The Hall–Kier alpha value is -1.31. The van der Waals surface area contributed by atoms with E-state index in [0.29, 0.717) is 19.6 Å². The Labute approximate surface area is 212 Å². The molecule has 0 amide bonds. The highest BCUT2D eigenvalue weighted by molar-refractivity contribution is 7.53. The van der Waals surface area contributed by atoms with Crippen molar-refractivity contribution in [2.45, 2.75) is 31.5 Å². The highest BCUT2D eigenvalue weighted by Gasteiger charge is 2.42. The molecule has 3 rings (SSSR count). The van der Waals surface area contributed by atoms with E-state index in [2.05, 4.69) is 4.98 Å². The fourth-order valence-corrected chi connectivity index (χ4v) is 6.71. The van der Waals surface area contributed by atoms with Gasteiger partial charge in [-0.2, -0.15) is 4.98 Å². The zero-order chi connectivity index (χ0) is 26.6. The van der Waals surface area contributed by atoms with Crippen molar-refractivity contribution >= 4 is 21.7 Å². The molecule has 6 atom stereocenters. The van der Waals surface area contributed by atoms with Gasteiger partial charge in [0.2, 0.25) is 0 Å². The lowest BCUT2D eigenvalue weighted by molar-refractivity contribution is -0.129. The van der Waals surface area contributed by atoms with Crippen molar-refractivity contribution in [3.05, 3.63) is 22.7 Å². The molecular formula is C20H38N7O7P2+. The van der Waals surface area contributed by atoms with Crippen LogP contribution in [0.25, 0.3) is 0 Å². The van der Waals surface area contributed by atoms with Gasteiger partial charge in [0.1, 0.15) is 12.4 Å². The minimum absolute atomic E-state index is 0.0485. The van der Waals surface area contributed by atoms with Gasteiger partial charge in [-0.05, 0) is 38.7 Å². The summed E-state index contributed by atoms with van der Waals surface area (Å²) in [5, 5.41) is 0. The first-order valence-electron chi connectivity index (χ1n) is 11.7. The molecule has 2 unspecified atom stereocenters. The first kappa shape index (κ1) is 29.2. The van der Waals surface area contributed by atoms with Crippen molar-refractivity contribution in [2.24, 2.45) is 0 Å². The van der Waals surface area contributed by atoms with Crippen LogP contribution in [0.15, 0.2) is 17.1 Å². The summed E-state index contributed by atoms with van der Waals surface area (Å²) in [5.41, 5.74) is 5.10. The fourth-order valence-electron chi connectivity index (χ4n) is 4.10. The van der Waals surface area contributed by atoms with Gasteiger partial charge in [0, 0.05) is 46.5 Å². The Morgan fingerprint density at radius 3 is 2.50 bits per heavy atom. The maximum absolute atomic E-state index is 14.1. The van der Waals surface area contributed by atoms with Crippen LogP contribution in [-0.4, -0.2) is 121 Å². The van der Waals surface area contributed by atoms with Gasteiger partial charge in [0.25, 0.3) is 0 Å². The third kappa shape index (κ3) is 7.38. The molecule has 16 heteroatoms. The molecule has 204 valence electrons. The van der Waals surface area contributed by atoms with Crippen molar-refractivity contribution in [2.75, 3.05) is 80.4 Å². The van der Waals surface area contributed by atoms with E-state index in [4.69, 9.17) is 24.3 Å². The molecule has 2 saturated heterocycles. The van der Waals surface area contributed by atoms with Gasteiger partial charge in [-0.25, -0.2) is 14.1 Å². The fraction of sp³-hybridized carbons (Fsp3) is 0.800. The number of nitrogens with two attached hydrogens (primary N) is 1. The van der Waals surface area contributed by atoms with Crippen LogP contribution in [0.2, 0.25) is 0 Å². The first-order chi connectivity index (χ1) is 16.9. The Bertz CT molecular complexity index is 1010. The van der Waals surface area contributed by atoms with Gasteiger partial charge < -0.3 is 19.7 Å². The standard InChI is InChI=1S/C20H37N7O7P2/c1-15-9-26(11-17(33-15)13-31-35(29)23(2)3)36(30,24(4)5)32-14-16-10-25(6)12-19(34-16)27-8-7-18(21)22-20(27)28/h7-8,15-17,19H,9-14H2,1-6H3,(H-,21,22,28)/p+1/t15-,16-,17-,19+,36?/m0/s1. The third-order valence-corrected chi connectivity index (χ3v) is 9.35. The number of hydrogen-bond acceptors (Lipinski definition) is 10. The van der Waals surface area contributed by atoms with Crippen molar-refractivity contribution in [1.82, 2.24) is 28.5 Å². The SMILES string of the molecule is C[C@H]1CN(P(=O)(OC[C@@H]2CN(C)C[C@H](n3ccc(N)nc3=O)O2)N(C)C)C[C@@H](CO[P+](=O)N(C)C)O1. The summed E-state index contributed by atoms with van der Waals surface area (Å²) in [4.78, 5) is 18.1. The van der Waals surface area contributed by atoms with Crippen LogP contribution < -0.4 is 11.4 Å². The Kier molecular flexibility index (Phi) is 10.1. The van der Waals surface area contributed by atoms with E-state index in [1.165, 1.54) is 9.24 Å². The topological polar surface area (TPSA) is 145 Å². The summed E-state index contributed by atoms with van der Waals surface area (Å²) < 4.78 is 55.8. The number of nitrogen functional groups attached to an aromatic ring is 1. The van der Waals surface area contributed by atoms with Crippen LogP contribution in [0.5, 0.6) is 0 Å². The van der Waals surface area contributed by atoms with Crippen LogP contribution in [-0.2, 0) is 27.7 Å². The molecule has 1 aromatic rings. The van der Waals surface area contributed by atoms with Gasteiger partial charge in [-0.1, -0.05) is 4.67 Å². The number of hydrogen-bond donors (Lipinski definition) is 1. The number of aromatic nitrogens is 2. The largest absolute Gasteiger partial charge is 0.615 e. The lowest BCUT2D eigenvalue weighted by Gasteiger charge is -2.42. The van der Waals surface area contributed by atoms with E-state index in [0.717, 1.165) is 0 Å². The monoisotopic (exact) mass is 550 g/mol. The van der Waals surface area contributed by atoms with E-state index in [9.17, 15) is 13.9 Å². The number of anilines is 1. The molecule has 14 nitrogen and oxygen atoms in total. The molecule has 2 aliphatic rings. The predicted molar refractivity (Wildman–Crippen MR) is 135 cm³/mol. The molecule has 2 aliphatic heterocycles. The van der Waals surface area contributed by atoms with E-state index >= 15 is 0 Å². The minimum atomic E-state index is -3.45. The summed E-state index contributed by atoms with van der Waals surface area (Å²) in [6.45, 7) is 3.73. The molecule has 0 radical (unpaired) electrons. The molecule has 0 bridgehead atoms. The molecule has 3 heterocycles. The summed E-state index contributed by atoms with van der Waals surface area (Å²) >= 11 is 0. The number of nitrogens with zero attached hydrogens (tertiary/aromatic N) is 6. The summed E-state index contributed by atoms with van der Waals surface area (Å²) in [6, 6.07) is 1.54. The second-order valence-electron chi connectivity index (χ2n) is 9.43. The average molecular weight is 551 g/mol. The van der Waals surface area contributed by atoms with Gasteiger partial charge in [0.15, 0.2) is 6.23 Å². The van der Waals surface area contributed by atoms with E-state index in [1.807, 2.05) is 18.9 Å². The van der Waals surface area contributed by atoms with Crippen molar-refractivity contribution in [3.8, 4) is 0 Å². The van der Waals surface area contributed by atoms with E-state index in [-0.39, 0.29) is 31.7 Å². The van der Waals surface area contributed by atoms with Crippen molar-refractivity contribution in [3.63, 3.8) is 0 Å². The second-order valence-corrected chi connectivity index (χ2v) is 13.6. The molecule has 1 aromatic heterocycles. The Balaban J connectivity index is 1.67. The van der Waals surface area contributed by atoms with Crippen LogP contribution in [0.1, 0.15) is 13.2 Å². The lowest BCUT2D eigenvalue weighted by atomic mass is 10.2. The normalized spacial score (nSPS) is 28.4. The predicted octanol–water partition coefficient (Wildman–Crippen LogP) is 0.666. The molecule has 0 saturated carbocycles. The minimum Gasteiger partial charge on any atom is -0.383 e. The zero-order valence-electron chi connectivity index (χ0n) is 21.7. The molecule has 0 aliphatic carbocycles. The Morgan fingerprint density at radius 1 is 1.17 bits per heavy atom. The van der Waals surface area contributed by atoms with Crippen LogP contribution in [0.4, 0.5) is 5.82 Å². The van der Waals surface area contributed by atoms with Gasteiger partial charge in [0.05, 0.1) is 24.9 Å². The van der Waals surface area contributed by atoms with Crippen LogP contribution in [0, 0.1) is 0 Å². The van der Waals surface area contributed by atoms with Crippen LogP contribution >= 0.6 is 15.8 Å². The summed E-state index contributed by atoms with van der Waals surface area (Å²) in [5.74, 6) is 0.143. The molecule has 36 heavy (non-hydrogen) atoms. The van der Waals surface area contributed by atoms with Crippen molar-refractivity contribution < 1.29 is 27.7 Å². The molecule has 2 fully saturated rings. The van der Waals surface area contributed by atoms with E-state index < -0.39 is 40.0 Å². The Morgan fingerprint density at radius 2 is 1.86 bits per heavy atom. The maximum Gasteiger partial charge on any atom is 0.615 e. The van der Waals surface area contributed by atoms with Gasteiger partial charge in [-0.15, -0.1) is 4.52 Å².